The highest BCUT2D eigenvalue weighted by Gasteiger charge is 2.10. The van der Waals surface area contributed by atoms with E-state index >= 15 is 0 Å². The predicted molar refractivity (Wildman–Crippen MR) is 81.6 cm³/mol. The molecule has 0 saturated carbocycles. The minimum Gasteiger partial charge on any atom is -0.327 e. The van der Waals surface area contributed by atoms with Gasteiger partial charge < -0.3 is 9.47 Å². The van der Waals surface area contributed by atoms with Crippen molar-refractivity contribution in [3.63, 3.8) is 0 Å². The molecule has 3 heteroatoms. The van der Waals surface area contributed by atoms with E-state index in [1.165, 1.54) is 29.7 Å². The van der Waals surface area contributed by atoms with Crippen molar-refractivity contribution < 1.29 is 0 Å². The molecule has 2 rings (SSSR count). The van der Waals surface area contributed by atoms with E-state index < -0.39 is 0 Å². The Bertz CT molecular complexity index is 540. The third-order valence-electron chi connectivity index (χ3n) is 3.51. The lowest BCUT2D eigenvalue weighted by molar-refractivity contribution is 0.383. The molecule has 1 heterocycles. The summed E-state index contributed by atoms with van der Waals surface area (Å²) < 4.78 is 2.39. The molecule has 3 nitrogen and oxygen atoms in total. The highest BCUT2D eigenvalue weighted by Crippen LogP contribution is 2.19. The van der Waals surface area contributed by atoms with E-state index in [2.05, 4.69) is 55.6 Å². The van der Waals surface area contributed by atoms with Gasteiger partial charge >= 0.3 is 0 Å². The van der Waals surface area contributed by atoms with Gasteiger partial charge in [-0.1, -0.05) is 19.4 Å². The summed E-state index contributed by atoms with van der Waals surface area (Å²) in [6, 6.07) is 6.58. The molecule has 0 aliphatic heterocycles. The van der Waals surface area contributed by atoms with Crippen molar-refractivity contribution in [3.8, 4) is 0 Å². The van der Waals surface area contributed by atoms with Crippen molar-refractivity contribution in [1.29, 1.82) is 0 Å². The molecule has 104 valence electrons. The van der Waals surface area contributed by atoms with Crippen LogP contribution in [0.15, 0.2) is 18.2 Å². The van der Waals surface area contributed by atoms with Crippen LogP contribution in [0.2, 0.25) is 0 Å². The number of aryl methyl sites for hydroxylation is 2. The van der Waals surface area contributed by atoms with Gasteiger partial charge in [0, 0.05) is 19.5 Å². The second kappa shape index (κ2) is 6.20. The molecule has 19 heavy (non-hydrogen) atoms. The van der Waals surface area contributed by atoms with E-state index in [-0.39, 0.29) is 0 Å². The molecule has 0 radical (unpaired) electrons. The lowest BCUT2D eigenvalue weighted by Gasteiger charge is -2.13. The maximum absolute atomic E-state index is 4.83. The number of fused-ring (bicyclic) bond motifs is 1. The predicted octanol–water partition coefficient (Wildman–Crippen LogP) is 3.25. The number of rotatable bonds is 6. The zero-order chi connectivity index (χ0) is 13.8. The molecule has 0 aliphatic carbocycles. The molecule has 0 spiro atoms. The van der Waals surface area contributed by atoms with Gasteiger partial charge in [-0.2, -0.15) is 0 Å². The summed E-state index contributed by atoms with van der Waals surface area (Å²) in [6.07, 6.45) is 3.51. The van der Waals surface area contributed by atoms with Gasteiger partial charge in [0.2, 0.25) is 0 Å². The molecule has 1 aromatic carbocycles. The van der Waals surface area contributed by atoms with E-state index in [0.717, 1.165) is 25.0 Å². The van der Waals surface area contributed by atoms with Crippen LogP contribution in [0.4, 0.5) is 0 Å². The number of benzene rings is 1. The Kier molecular flexibility index (Phi) is 4.59. The summed E-state index contributed by atoms with van der Waals surface area (Å²) in [5.74, 6) is 1.24. The van der Waals surface area contributed by atoms with Crippen LogP contribution in [-0.4, -0.2) is 35.1 Å². The number of likely N-dealkylation sites (N-methyl/N-ethyl adjacent to an activating group) is 1. The fraction of sp³-hybridized carbons (Fsp3) is 0.562. The molecule has 0 atom stereocenters. The summed E-state index contributed by atoms with van der Waals surface area (Å²) in [6.45, 7) is 6.44. The number of nitrogens with zero attached hydrogens (tertiary/aromatic N) is 3. The van der Waals surface area contributed by atoms with Crippen LogP contribution in [0, 0.1) is 6.92 Å². The van der Waals surface area contributed by atoms with Gasteiger partial charge in [-0.15, -0.1) is 0 Å². The molecule has 0 amide bonds. The van der Waals surface area contributed by atoms with Crippen molar-refractivity contribution in [2.24, 2.45) is 0 Å². The van der Waals surface area contributed by atoms with Crippen LogP contribution in [0.3, 0.4) is 0 Å². The first kappa shape index (κ1) is 14.1. The maximum atomic E-state index is 4.83. The largest absolute Gasteiger partial charge is 0.327 e. The summed E-state index contributed by atoms with van der Waals surface area (Å²) in [5, 5.41) is 0. The summed E-state index contributed by atoms with van der Waals surface area (Å²) in [7, 11) is 4.24. The van der Waals surface area contributed by atoms with Crippen LogP contribution < -0.4 is 0 Å². The third-order valence-corrected chi connectivity index (χ3v) is 3.51. The van der Waals surface area contributed by atoms with Crippen LogP contribution in [0.25, 0.3) is 11.0 Å². The third kappa shape index (κ3) is 3.35. The Labute approximate surface area is 116 Å². The average molecular weight is 259 g/mol. The number of unbranched alkanes of at least 4 members (excludes halogenated alkanes) is 1. The first-order valence-corrected chi connectivity index (χ1v) is 7.22. The highest BCUT2D eigenvalue weighted by molar-refractivity contribution is 5.76. The Hall–Kier alpha value is -1.35. The van der Waals surface area contributed by atoms with E-state index in [9.17, 15) is 0 Å². The van der Waals surface area contributed by atoms with Gasteiger partial charge in [-0.25, -0.2) is 4.98 Å². The minimum absolute atomic E-state index is 1.02. The Balaban J connectivity index is 2.36. The lowest BCUT2D eigenvalue weighted by Crippen LogP contribution is -2.19. The van der Waals surface area contributed by atoms with Gasteiger partial charge in [-0.05, 0) is 45.1 Å². The number of hydrogen-bond acceptors (Lipinski definition) is 2. The van der Waals surface area contributed by atoms with E-state index in [4.69, 9.17) is 4.98 Å². The Morgan fingerprint density at radius 3 is 2.74 bits per heavy atom. The molecule has 0 saturated heterocycles. The molecule has 0 fully saturated rings. The van der Waals surface area contributed by atoms with Crippen molar-refractivity contribution in [2.75, 3.05) is 20.6 Å². The Morgan fingerprint density at radius 2 is 2.05 bits per heavy atom. The smallest absolute Gasteiger partial charge is 0.109 e. The van der Waals surface area contributed by atoms with Crippen LogP contribution in [0.1, 0.15) is 31.2 Å². The van der Waals surface area contributed by atoms with Crippen molar-refractivity contribution in [1.82, 2.24) is 14.5 Å². The standard InChI is InChI=1S/C16H25N3/c1-5-6-7-16-17-14-12-13(2)8-9-15(14)19(16)11-10-18(3)4/h8-9,12H,5-7,10-11H2,1-4H3. The summed E-state index contributed by atoms with van der Waals surface area (Å²) in [5.41, 5.74) is 3.70. The van der Waals surface area contributed by atoms with E-state index in [0.29, 0.717) is 0 Å². The maximum Gasteiger partial charge on any atom is 0.109 e. The fourth-order valence-electron chi connectivity index (χ4n) is 2.36. The normalized spacial score (nSPS) is 11.6. The van der Waals surface area contributed by atoms with Crippen molar-refractivity contribution in [2.45, 2.75) is 39.7 Å². The summed E-state index contributed by atoms with van der Waals surface area (Å²) >= 11 is 0. The number of imidazole rings is 1. The first-order chi connectivity index (χ1) is 9.11. The number of hydrogen-bond donors (Lipinski definition) is 0. The zero-order valence-corrected chi connectivity index (χ0v) is 12.6. The molecule has 0 bridgehead atoms. The van der Waals surface area contributed by atoms with Gasteiger partial charge in [0.1, 0.15) is 5.82 Å². The molecule has 1 aromatic heterocycles. The van der Waals surface area contributed by atoms with Crippen LogP contribution in [-0.2, 0) is 13.0 Å². The second-order valence-corrected chi connectivity index (χ2v) is 5.58. The molecule has 0 aliphatic rings. The average Bonchev–Trinajstić information content (AvgIpc) is 2.70. The highest BCUT2D eigenvalue weighted by atomic mass is 15.1. The van der Waals surface area contributed by atoms with Crippen LogP contribution in [0.5, 0.6) is 0 Å². The molecular formula is C16H25N3. The van der Waals surface area contributed by atoms with Crippen LogP contribution >= 0.6 is 0 Å². The minimum atomic E-state index is 1.02. The van der Waals surface area contributed by atoms with Gasteiger partial charge in [0.05, 0.1) is 11.0 Å². The SMILES string of the molecule is CCCCc1nc2cc(C)ccc2n1CCN(C)C. The second-order valence-electron chi connectivity index (χ2n) is 5.58. The quantitative estimate of drug-likeness (QED) is 0.794. The van der Waals surface area contributed by atoms with E-state index in [1.54, 1.807) is 0 Å². The fourth-order valence-corrected chi connectivity index (χ4v) is 2.36. The topological polar surface area (TPSA) is 21.1 Å². The van der Waals surface area contributed by atoms with Gasteiger partial charge in [0.25, 0.3) is 0 Å². The first-order valence-electron chi connectivity index (χ1n) is 7.22. The van der Waals surface area contributed by atoms with Crippen molar-refractivity contribution >= 4 is 11.0 Å². The molecular weight excluding hydrogens is 234 g/mol. The van der Waals surface area contributed by atoms with Gasteiger partial charge in [0.15, 0.2) is 0 Å². The monoisotopic (exact) mass is 259 g/mol. The number of aromatic nitrogens is 2. The van der Waals surface area contributed by atoms with E-state index in [1.807, 2.05) is 0 Å². The molecule has 0 unspecified atom stereocenters. The zero-order valence-electron chi connectivity index (χ0n) is 12.6. The lowest BCUT2D eigenvalue weighted by atomic mass is 10.2. The molecule has 0 N–H and O–H groups in total. The Morgan fingerprint density at radius 1 is 1.26 bits per heavy atom. The van der Waals surface area contributed by atoms with Gasteiger partial charge in [-0.3, -0.25) is 0 Å². The van der Waals surface area contributed by atoms with Crippen molar-refractivity contribution in [3.05, 3.63) is 29.6 Å². The molecule has 2 aromatic rings. The summed E-state index contributed by atoms with van der Waals surface area (Å²) in [4.78, 5) is 7.06.